The molecule has 1 aromatic heterocycles. The lowest BCUT2D eigenvalue weighted by Crippen LogP contribution is -2.26. The molecule has 32 heavy (non-hydrogen) atoms. The monoisotopic (exact) mass is 439 g/mol. The molecule has 4 aromatic rings. The molecule has 4 N–H and O–H groups in total. The van der Waals surface area contributed by atoms with Crippen molar-refractivity contribution in [3.63, 3.8) is 0 Å². The number of ether oxygens (including phenoxy) is 2. The normalized spacial score (nSPS) is 11.4. The van der Waals surface area contributed by atoms with Crippen LogP contribution in [0.3, 0.4) is 0 Å². The van der Waals surface area contributed by atoms with E-state index in [9.17, 15) is 19.2 Å². The van der Waals surface area contributed by atoms with Gasteiger partial charge in [-0.1, -0.05) is 31.7 Å². The molecule has 168 valence electrons. The van der Waals surface area contributed by atoms with E-state index in [1.807, 2.05) is 0 Å². The fourth-order valence-corrected chi connectivity index (χ4v) is 3.99. The minimum absolute atomic E-state index is 0. The van der Waals surface area contributed by atoms with Gasteiger partial charge in [0.2, 0.25) is 0 Å². The van der Waals surface area contributed by atoms with E-state index < -0.39 is 22.0 Å². The van der Waals surface area contributed by atoms with Crippen molar-refractivity contribution in [2.75, 3.05) is 38.4 Å². The van der Waals surface area contributed by atoms with Crippen LogP contribution in [-0.2, 0) is 16.0 Å². The largest absolute Gasteiger partial charge is 0.397 e. The molecule has 0 aliphatic heterocycles. The Morgan fingerprint density at radius 3 is 1.75 bits per heavy atom. The molecule has 9 heteroatoms. The van der Waals surface area contributed by atoms with Gasteiger partial charge in [-0.2, -0.15) is 0 Å². The topological polar surface area (TPSA) is 144 Å². The van der Waals surface area contributed by atoms with Crippen LogP contribution in [0, 0.1) is 0 Å². The minimum Gasteiger partial charge on any atom is -0.397 e. The van der Waals surface area contributed by atoms with Crippen LogP contribution in [0.1, 0.15) is 13.8 Å². The molecule has 0 saturated heterocycles. The van der Waals surface area contributed by atoms with Crippen LogP contribution in [-0.4, -0.2) is 31.5 Å². The molecule has 0 fully saturated rings. The highest BCUT2D eigenvalue weighted by Crippen LogP contribution is 2.31. The molecule has 0 saturated carbocycles. The second kappa shape index (κ2) is 8.89. The number of nitrogen functional groups attached to an aromatic ring is 2. The molecule has 4 rings (SSSR count). The standard InChI is InChI=1S/C22H21N3O6.CH4/c1-30-9-10-31-8-4-7-25-21(28)15-16(22(25)29)18(24)14-13(17(15)23)19(26)11-5-2-3-6-12(11)20(14)27;/h2-3,5-6H,4,7-10,23-24H2,1H3;1H4. The second-order valence-corrected chi connectivity index (χ2v) is 7.25. The second-order valence-electron chi connectivity index (χ2n) is 7.25. The van der Waals surface area contributed by atoms with Crippen LogP contribution in [0.25, 0.3) is 32.3 Å². The van der Waals surface area contributed by atoms with Gasteiger partial charge in [0.1, 0.15) is 0 Å². The van der Waals surface area contributed by atoms with Gasteiger partial charge in [0.15, 0.2) is 10.9 Å². The smallest absolute Gasteiger partial charge is 0.263 e. The summed E-state index contributed by atoms with van der Waals surface area (Å²) in [6, 6.07) is 6.30. The number of nitrogens with two attached hydrogens (primary N) is 2. The summed E-state index contributed by atoms with van der Waals surface area (Å²) >= 11 is 0. The molecular weight excluding hydrogens is 414 g/mol. The zero-order valence-electron chi connectivity index (χ0n) is 16.9. The molecule has 0 unspecified atom stereocenters. The van der Waals surface area contributed by atoms with E-state index in [-0.39, 0.29) is 57.7 Å². The van der Waals surface area contributed by atoms with Gasteiger partial charge in [-0.25, -0.2) is 0 Å². The zero-order chi connectivity index (χ0) is 22.3. The third kappa shape index (κ3) is 3.35. The van der Waals surface area contributed by atoms with Gasteiger partial charge < -0.3 is 20.9 Å². The highest BCUT2D eigenvalue weighted by Gasteiger charge is 2.25. The SMILES string of the molecule is C.COCCOCCCn1c(=O)c2c(N)c3c(=O)c4ccccc4c(=O)c3c(N)c2c1=O. The van der Waals surface area contributed by atoms with Gasteiger partial charge in [0.25, 0.3) is 11.1 Å². The van der Waals surface area contributed by atoms with Crippen molar-refractivity contribution in [3.05, 3.63) is 65.4 Å². The number of methoxy groups -OCH3 is 1. The molecule has 0 atom stereocenters. The first-order valence-corrected chi connectivity index (χ1v) is 9.76. The summed E-state index contributed by atoms with van der Waals surface area (Å²) in [7, 11) is 1.56. The van der Waals surface area contributed by atoms with Gasteiger partial charge in [-0.05, 0) is 6.42 Å². The summed E-state index contributed by atoms with van der Waals surface area (Å²) in [5.74, 6) is 0. The average molecular weight is 439 g/mol. The number of nitrogens with zero attached hydrogens (tertiary/aromatic N) is 1. The number of hydrogen-bond acceptors (Lipinski definition) is 8. The number of anilines is 2. The quantitative estimate of drug-likeness (QED) is 0.189. The Morgan fingerprint density at radius 1 is 0.781 bits per heavy atom. The van der Waals surface area contributed by atoms with Crippen molar-refractivity contribution in [3.8, 4) is 0 Å². The van der Waals surface area contributed by atoms with E-state index in [0.29, 0.717) is 26.2 Å². The lowest BCUT2D eigenvalue weighted by Gasteiger charge is -2.07. The molecule has 0 aliphatic carbocycles. The number of aromatic nitrogens is 1. The third-order valence-corrected chi connectivity index (χ3v) is 5.47. The van der Waals surface area contributed by atoms with Crippen molar-refractivity contribution in [2.24, 2.45) is 0 Å². The van der Waals surface area contributed by atoms with Crippen LogP contribution >= 0.6 is 0 Å². The lowest BCUT2D eigenvalue weighted by atomic mass is 9.97. The van der Waals surface area contributed by atoms with Crippen LogP contribution in [0.15, 0.2) is 43.4 Å². The van der Waals surface area contributed by atoms with Gasteiger partial charge in [0, 0.05) is 31.0 Å². The van der Waals surface area contributed by atoms with Crippen LogP contribution < -0.4 is 33.4 Å². The Balaban J connectivity index is 0.00000289. The van der Waals surface area contributed by atoms with Gasteiger partial charge in [-0.3, -0.25) is 23.7 Å². The van der Waals surface area contributed by atoms with E-state index >= 15 is 0 Å². The van der Waals surface area contributed by atoms with Gasteiger partial charge in [-0.15, -0.1) is 0 Å². The van der Waals surface area contributed by atoms with Crippen LogP contribution in [0.4, 0.5) is 11.4 Å². The number of rotatable bonds is 7. The van der Waals surface area contributed by atoms with Crippen molar-refractivity contribution in [2.45, 2.75) is 20.4 Å². The first-order valence-electron chi connectivity index (χ1n) is 9.76. The predicted molar refractivity (Wildman–Crippen MR) is 127 cm³/mol. The predicted octanol–water partition coefficient (Wildman–Crippen LogP) is 1.12. The third-order valence-electron chi connectivity index (χ3n) is 5.47. The summed E-state index contributed by atoms with van der Waals surface area (Å²) in [6.07, 6.45) is 0.401. The Bertz CT molecular complexity index is 1420. The van der Waals surface area contributed by atoms with E-state index in [4.69, 9.17) is 20.9 Å². The van der Waals surface area contributed by atoms with E-state index in [2.05, 4.69) is 0 Å². The van der Waals surface area contributed by atoms with E-state index in [0.717, 1.165) is 4.57 Å². The molecule has 1 heterocycles. The summed E-state index contributed by atoms with van der Waals surface area (Å²) in [4.78, 5) is 52.1. The Kier molecular flexibility index (Phi) is 6.42. The Morgan fingerprint density at radius 2 is 1.28 bits per heavy atom. The summed E-state index contributed by atoms with van der Waals surface area (Å²) in [5.41, 5.74) is 9.73. The Labute approximate surface area is 182 Å². The van der Waals surface area contributed by atoms with Crippen molar-refractivity contribution >= 4 is 43.7 Å². The van der Waals surface area contributed by atoms with Crippen molar-refractivity contribution in [1.29, 1.82) is 0 Å². The van der Waals surface area contributed by atoms with Crippen LogP contribution in [0.5, 0.6) is 0 Å². The maximum absolute atomic E-state index is 13.1. The average Bonchev–Trinajstić information content (AvgIpc) is 3.02. The maximum atomic E-state index is 13.1. The highest BCUT2D eigenvalue weighted by molar-refractivity contribution is 6.20. The fourth-order valence-electron chi connectivity index (χ4n) is 3.99. The summed E-state index contributed by atoms with van der Waals surface area (Å²) in [5, 5.41) is -0.110. The van der Waals surface area contributed by atoms with Crippen molar-refractivity contribution < 1.29 is 9.47 Å². The fraction of sp³-hybridized carbons (Fsp3) is 0.304. The first kappa shape index (κ1) is 23.1. The molecule has 9 nitrogen and oxygen atoms in total. The lowest BCUT2D eigenvalue weighted by molar-refractivity contribution is 0.0679. The molecule has 0 amide bonds. The molecule has 0 bridgehead atoms. The molecular formula is C23H25N3O6. The molecule has 0 aliphatic rings. The van der Waals surface area contributed by atoms with Crippen LogP contribution in [0.2, 0.25) is 0 Å². The minimum atomic E-state index is -0.636. The Hall–Kier alpha value is -3.56. The summed E-state index contributed by atoms with van der Waals surface area (Å²) < 4.78 is 11.3. The molecule has 3 aromatic carbocycles. The van der Waals surface area contributed by atoms with Gasteiger partial charge in [0.05, 0.1) is 46.1 Å². The maximum Gasteiger partial charge on any atom is 0.263 e. The highest BCUT2D eigenvalue weighted by atomic mass is 16.5. The zero-order valence-corrected chi connectivity index (χ0v) is 16.9. The first-order chi connectivity index (χ1) is 14.9. The van der Waals surface area contributed by atoms with E-state index in [1.165, 1.54) is 12.1 Å². The molecule has 0 spiro atoms. The molecule has 0 radical (unpaired) electrons. The van der Waals surface area contributed by atoms with Crippen molar-refractivity contribution in [1.82, 2.24) is 4.57 Å². The number of hydrogen-bond donors (Lipinski definition) is 2. The number of fused-ring (bicyclic) bond motifs is 3. The number of benzene rings is 3. The van der Waals surface area contributed by atoms with Gasteiger partial charge >= 0.3 is 0 Å². The summed E-state index contributed by atoms with van der Waals surface area (Å²) in [6.45, 7) is 1.25. The van der Waals surface area contributed by atoms with E-state index in [1.54, 1.807) is 19.2 Å².